The molecule has 2 aromatic carbocycles. The van der Waals surface area contributed by atoms with E-state index in [1.54, 1.807) is 12.1 Å². The Balaban J connectivity index is 1.55. The number of rotatable bonds is 7. The number of aryl methyl sites for hydroxylation is 1. The van der Waals surface area contributed by atoms with Crippen LogP contribution in [-0.4, -0.2) is 28.5 Å². The molecule has 0 saturated heterocycles. The van der Waals surface area contributed by atoms with Gasteiger partial charge < -0.3 is 10.1 Å². The minimum absolute atomic E-state index is 0.0346. The molecular formula is C20H19Cl2N3O2. The second-order valence-corrected chi connectivity index (χ2v) is 7.09. The number of benzene rings is 2. The number of fused-ring (bicyclic) bond motifs is 1. The molecule has 0 radical (unpaired) electrons. The van der Waals surface area contributed by atoms with Crippen LogP contribution >= 0.6 is 23.2 Å². The van der Waals surface area contributed by atoms with Crippen molar-refractivity contribution in [1.29, 1.82) is 0 Å². The summed E-state index contributed by atoms with van der Waals surface area (Å²) in [6.07, 6.45) is 3.09. The maximum absolute atomic E-state index is 12.2. The zero-order valence-electron chi connectivity index (χ0n) is 14.8. The van der Waals surface area contributed by atoms with Gasteiger partial charge in [0.2, 0.25) is 5.88 Å². The molecule has 0 saturated carbocycles. The van der Waals surface area contributed by atoms with Crippen molar-refractivity contribution in [2.45, 2.75) is 25.8 Å². The lowest BCUT2D eigenvalue weighted by Gasteiger charge is -2.14. The molecular weight excluding hydrogens is 385 g/mol. The number of nitrogens with one attached hydrogen (secondary N) is 1. The Morgan fingerprint density at radius 3 is 2.74 bits per heavy atom. The Morgan fingerprint density at radius 1 is 1.19 bits per heavy atom. The Hall–Kier alpha value is -2.37. The summed E-state index contributed by atoms with van der Waals surface area (Å²) in [5.41, 5.74) is 1.78. The first-order chi connectivity index (χ1) is 13.0. The quantitative estimate of drug-likeness (QED) is 0.632. The van der Waals surface area contributed by atoms with Gasteiger partial charge in [-0.25, -0.2) is 9.97 Å². The first-order valence-corrected chi connectivity index (χ1v) is 9.34. The molecule has 0 fully saturated rings. The van der Waals surface area contributed by atoms with E-state index in [0.717, 1.165) is 12.8 Å². The average Bonchev–Trinajstić information content (AvgIpc) is 2.65. The van der Waals surface area contributed by atoms with E-state index in [4.69, 9.17) is 27.9 Å². The summed E-state index contributed by atoms with van der Waals surface area (Å²) in [7, 11) is 0. The highest BCUT2D eigenvalue weighted by molar-refractivity contribution is 6.38. The van der Waals surface area contributed by atoms with Gasteiger partial charge in [-0.3, -0.25) is 4.79 Å². The number of halogens is 2. The molecule has 1 N–H and O–H groups in total. The average molecular weight is 404 g/mol. The normalized spacial score (nSPS) is 12.0. The summed E-state index contributed by atoms with van der Waals surface area (Å²) in [5.74, 6) is 0.0620. The van der Waals surface area contributed by atoms with Crippen LogP contribution in [0.15, 0.2) is 48.8 Å². The van der Waals surface area contributed by atoms with Gasteiger partial charge in [-0.05, 0) is 37.5 Å². The Kier molecular flexibility index (Phi) is 6.48. The third kappa shape index (κ3) is 5.31. The van der Waals surface area contributed by atoms with E-state index < -0.39 is 0 Å². The number of aromatic nitrogens is 2. The van der Waals surface area contributed by atoms with Crippen molar-refractivity contribution >= 4 is 40.0 Å². The van der Waals surface area contributed by atoms with Crippen LogP contribution in [0.2, 0.25) is 10.0 Å². The second-order valence-electron chi connectivity index (χ2n) is 6.24. The highest BCUT2D eigenvalue weighted by Gasteiger charge is 2.13. The summed E-state index contributed by atoms with van der Waals surface area (Å²) in [4.78, 5) is 20.4. The van der Waals surface area contributed by atoms with Crippen LogP contribution in [0.4, 0.5) is 0 Å². The summed E-state index contributed by atoms with van der Waals surface area (Å²) in [5, 5.41) is 4.36. The van der Waals surface area contributed by atoms with E-state index in [1.807, 2.05) is 25.1 Å². The van der Waals surface area contributed by atoms with Crippen molar-refractivity contribution in [3.63, 3.8) is 0 Å². The minimum atomic E-state index is -0.213. The van der Waals surface area contributed by atoms with Gasteiger partial charge in [0.15, 0.2) is 6.61 Å². The van der Waals surface area contributed by atoms with E-state index in [-0.39, 0.29) is 24.4 Å². The molecule has 1 heterocycles. The molecule has 140 valence electrons. The third-order valence-electron chi connectivity index (χ3n) is 4.08. The molecule has 0 aliphatic carbocycles. The summed E-state index contributed by atoms with van der Waals surface area (Å²) < 4.78 is 5.57. The summed E-state index contributed by atoms with van der Waals surface area (Å²) >= 11 is 12.2. The molecule has 3 rings (SSSR count). The van der Waals surface area contributed by atoms with Crippen LogP contribution in [0.1, 0.15) is 18.9 Å². The molecule has 0 aliphatic heterocycles. The molecule has 7 heteroatoms. The fraction of sp³-hybridized carbons (Fsp3) is 0.250. The van der Waals surface area contributed by atoms with Gasteiger partial charge in [-0.2, -0.15) is 0 Å². The maximum Gasteiger partial charge on any atom is 0.258 e. The van der Waals surface area contributed by atoms with Gasteiger partial charge >= 0.3 is 0 Å². The topological polar surface area (TPSA) is 64.1 Å². The van der Waals surface area contributed by atoms with E-state index in [9.17, 15) is 4.79 Å². The lowest BCUT2D eigenvalue weighted by molar-refractivity contribution is -0.123. The van der Waals surface area contributed by atoms with Crippen molar-refractivity contribution in [2.24, 2.45) is 0 Å². The van der Waals surface area contributed by atoms with Gasteiger partial charge in [-0.15, -0.1) is 0 Å². The number of amides is 1. The highest BCUT2D eigenvalue weighted by Crippen LogP contribution is 2.30. The maximum atomic E-state index is 12.2. The molecule has 1 atom stereocenters. The largest absolute Gasteiger partial charge is 0.467 e. The van der Waals surface area contributed by atoms with E-state index in [0.29, 0.717) is 20.9 Å². The number of carbonyl (C=O) groups excluding carboxylic acids is 1. The van der Waals surface area contributed by atoms with Gasteiger partial charge in [-0.1, -0.05) is 53.5 Å². The molecule has 5 nitrogen and oxygen atoms in total. The van der Waals surface area contributed by atoms with Crippen molar-refractivity contribution in [1.82, 2.24) is 15.3 Å². The minimum Gasteiger partial charge on any atom is -0.467 e. The van der Waals surface area contributed by atoms with Crippen molar-refractivity contribution in [3.05, 3.63) is 64.4 Å². The molecule has 0 spiro atoms. The highest BCUT2D eigenvalue weighted by atomic mass is 35.5. The van der Waals surface area contributed by atoms with Gasteiger partial charge in [0.25, 0.3) is 5.91 Å². The number of carbonyl (C=O) groups is 1. The standard InChI is InChI=1S/C20H19Cl2N3O2/c1-13(7-8-14-5-3-2-4-6-14)25-18(26)11-27-20-16-9-15(21)10-17(22)19(16)23-12-24-20/h2-6,9-10,12-13H,7-8,11H2,1H3,(H,25,26)/t13-/m0/s1. The van der Waals surface area contributed by atoms with Crippen molar-refractivity contribution in [2.75, 3.05) is 6.61 Å². The van der Waals surface area contributed by atoms with Crippen LogP contribution in [-0.2, 0) is 11.2 Å². The van der Waals surface area contributed by atoms with Crippen molar-refractivity contribution < 1.29 is 9.53 Å². The zero-order chi connectivity index (χ0) is 19.2. The van der Waals surface area contributed by atoms with Crippen molar-refractivity contribution in [3.8, 4) is 5.88 Å². The number of hydrogen-bond acceptors (Lipinski definition) is 4. The van der Waals surface area contributed by atoms with Gasteiger partial charge in [0, 0.05) is 11.1 Å². The van der Waals surface area contributed by atoms with Crippen LogP contribution in [0.5, 0.6) is 5.88 Å². The molecule has 1 amide bonds. The lowest BCUT2D eigenvalue weighted by atomic mass is 10.1. The van der Waals surface area contributed by atoms with Gasteiger partial charge in [0.05, 0.1) is 15.9 Å². The number of ether oxygens (including phenoxy) is 1. The van der Waals surface area contributed by atoms with Crippen LogP contribution in [0.25, 0.3) is 10.9 Å². The number of hydrogen-bond donors (Lipinski definition) is 1. The number of nitrogens with zero attached hydrogens (tertiary/aromatic N) is 2. The van der Waals surface area contributed by atoms with Crippen LogP contribution in [0, 0.1) is 0 Å². The Morgan fingerprint density at radius 2 is 1.96 bits per heavy atom. The fourth-order valence-corrected chi connectivity index (χ4v) is 3.28. The van der Waals surface area contributed by atoms with Crippen LogP contribution < -0.4 is 10.1 Å². The SMILES string of the molecule is C[C@@H](CCc1ccccc1)NC(=O)COc1ncnc2c(Cl)cc(Cl)cc12. The first-order valence-electron chi connectivity index (χ1n) is 8.59. The predicted octanol–water partition coefficient (Wildman–Crippen LogP) is 4.45. The Labute approximate surface area is 167 Å². The second kappa shape index (κ2) is 9.02. The smallest absolute Gasteiger partial charge is 0.258 e. The summed E-state index contributed by atoms with van der Waals surface area (Å²) in [6.45, 7) is 1.83. The monoisotopic (exact) mass is 403 g/mol. The van der Waals surface area contributed by atoms with E-state index >= 15 is 0 Å². The van der Waals surface area contributed by atoms with Crippen LogP contribution in [0.3, 0.4) is 0 Å². The zero-order valence-corrected chi connectivity index (χ0v) is 16.3. The van der Waals surface area contributed by atoms with E-state index in [1.165, 1.54) is 11.9 Å². The van der Waals surface area contributed by atoms with Gasteiger partial charge in [0.1, 0.15) is 6.33 Å². The summed E-state index contributed by atoms with van der Waals surface area (Å²) in [6, 6.07) is 13.5. The molecule has 0 aliphatic rings. The first kappa shape index (κ1) is 19.4. The lowest BCUT2D eigenvalue weighted by Crippen LogP contribution is -2.36. The molecule has 0 bridgehead atoms. The van der Waals surface area contributed by atoms with E-state index in [2.05, 4.69) is 27.4 Å². The molecule has 1 aromatic heterocycles. The Bertz CT molecular complexity index is 935. The fourth-order valence-electron chi connectivity index (χ4n) is 2.73. The predicted molar refractivity (Wildman–Crippen MR) is 107 cm³/mol. The third-order valence-corrected chi connectivity index (χ3v) is 4.58. The molecule has 27 heavy (non-hydrogen) atoms. The molecule has 0 unspecified atom stereocenters. The molecule has 3 aromatic rings.